The Morgan fingerprint density at radius 1 is 0.886 bits per heavy atom. The number of aryl methyl sites for hydroxylation is 1. The molecule has 0 aliphatic carbocycles. The lowest BCUT2D eigenvalue weighted by Gasteiger charge is -2.25. The molecule has 0 radical (unpaired) electrons. The van der Waals surface area contributed by atoms with Gasteiger partial charge in [-0.1, -0.05) is 0 Å². The van der Waals surface area contributed by atoms with Gasteiger partial charge in [-0.05, 0) is 43.2 Å². The summed E-state index contributed by atoms with van der Waals surface area (Å²) in [6.07, 6.45) is 0. The van der Waals surface area contributed by atoms with Crippen LogP contribution >= 0.6 is 34.3 Å². The van der Waals surface area contributed by atoms with E-state index in [-0.39, 0.29) is 46.2 Å². The summed E-state index contributed by atoms with van der Waals surface area (Å²) in [6, 6.07) is 9.60. The molecule has 0 atom stereocenters. The molecule has 0 unspecified atom stereocenters. The zero-order chi connectivity index (χ0) is 32.6. The molecule has 1 N–H and O–H groups in total. The molecule has 1 heterocycles. The van der Waals surface area contributed by atoms with Crippen molar-refractivity contribution in [2.75, 3.05) is 70.8 Å². The quantitative estimate of drug-likeness (QED) is 0.0823. The zero-order valence-corrected chi connectivity index (χ0v) is 28.3. The highest BCUT2D eigenvalue weighted by atomic mass is 127. The molecule has 242 valence electrons. The molecule has 0 saturated heterocycles. The van der Waals surface area contributed by atoms with Crippen LogP contribution in [0.25, 0.3) is 0 Å². The monoisotopic (exact) mass is 787 g/mol. The fourth-order valence-electron chi connectivity index (χ4n) is 3.41. The first kappa shape index (κ1) is 37.8. The van der Waals surface area contributed by atoms with Crippen LogP contribution in [0.1, 0.15) is 21.6 Å². The van der Waals surface area contributed by atoms with Crippen molar-refractivity contribution in [1.29, 1.82) is 10.5 Å². The lowest BCUT2D eigenvalue weighted by molar-refractivity contribution is 0.0379. The van der Waals surface area contributed by atoms with Gasteiger partial charge in [0.15, 0.2) is 5.00 Å². The second kappa shape index (κ2) is 19.2. The van der Waals surface area contributed by atoms with E-state index in [2.05, 4.69) is 33.2 Å². The van der Waals surface area contributed by atoms with E-state index in [0.717, 1.165) is 22.6 Å². The van der Waals surface area contributed by atoms with Crippen molar-refractivity contribution < 1.29 is 46.5 Å². The largest absolute Gasteiger partial charge is 0.409 e. The van der Waals surface area contributed by atoms with E-state index in [0.29, 0.717) is 46.4 Å². The van der Waals surface area contributed by atoms with Gasteiger partial charge in [-0.15, -0.1) is 21.6 Å². The average Bonchev–Trinajstić information content (AvgIpc) is 3.29. The highest BCUT2D eigenvalue weighted by Gasteiger charge is 2.15. The topological polar surface area (TPSA) is 219 Å². The predicted molar refractivity (Wildman–Crippen MR) is 166 cm³/mol. The molecule has 0 fully saturated rings. The van der Waals surface area contributed by atoms with Crippen LogP contribution in [0.2, 0.25) is 0 Å². The van der Waals surface area contributed by atoms with Gasteiger partial charge in [-0.25, -0.2) is 8.37 Å². The lowest BCUT2D eigenvalue weighted by atomic mass is 10.1. The molecule has 1 aromatic heterocycles. The molecular formula is C24H30IN5O11S3. The van der Waals surface area contributed by atoms with Gasteiger partial charge in [0.2, 0.25) is 0 Å². The summed E-state index contributed by atoms with van der Waals surface area (Å²) < 4.78 is 81.4. The maximum absolute atomic E-state index is 11.1. The van der Waals surface area contributed by atoms with Gasteiger partial charge in [0, 0.05) is 18.8 Å². The van der Waals surface area contributed by atoms with Crippen LogP contribution < -0.4 is 4.90 Å². The molecule has 20 heteroatoms. The summed E-state index contributed by atoms with van der Waals surface area (Å²) >= 11 is 2.30. The molecular weight excluding hydrogens is 757 g/mol. The number of nitrogens with zero attached hydrogens (tertiary/aromatic N) is 5. The fourth-order valence-corrected chi connectivity index (χ4v) is 5.18. The highest BCUT2D eigenvalue weighted by molar-refractivity contribution is 14.1. The van der Waals surface area contributed by atoms with Crippen LogP contribution in [-0.4, -0.2) is 87.3 Å². The number of halogens is 1. The minimum Gasteiger partial charge on any atom is -0.377 e. The first-order valence-corrected chi connectivity index (χ1v) is 17.1. The SMILES string of the molecule is Cc1cc(N(CCOCCOCCOS(=O)(=O)OI)CCOCCOS(=O)(=O)O)ccc1/N=N/c1sc(C#N)c(C)c1C#N. The summed E-state index contributed by atoms with van der Waals surface area (Å²) in [5, 5.41) is 27.5. The Labute approximate surface area is 274 Å². The third kappa shape index (κ3) is 13.7. The fraction of sp³-hybridized carbons (Fsp3) is 0.500. The number of rotatable bonds is 21. The number of anilines is 1. The molecule has 0 bridgehead atoms. The number of hydrogen-bond donors (Lipinski definition) is 1. The van der Waals surface area contributed by atoms with E-state index in [1.807, 2.05) is 24.0 Å². The minimum atomic E-state index is -4.54. The average molecular weight is 788 g/mol. The Hall–Kier alpha value is -2.35. The smallest absolute Gasteiger partial charge is 0.377 e. The van der Waals surface area contributed by atoms with Crippen molar-refractivity contribution >= 4 is 71.5 Å². The molecule has 0 aliphatic heterocycles. The van der Waals surface area contributed by atoms with Gasteiger partial charge in [0.1, 0.15) is 40.0 Å². The number of azo groups is 1. The molecule has 16 nitrogen and oxygen atoms in total. The molecule has 2 rings (SSSR count). The van der Waals surface area contributed by atoms with Gasteiger partial charge >= 0.3 is 20.8 Å². The van der Waals surface area contributed by atoms with E-state index in [9.17, 15) is 27.4 Å². The molecule has 44 heavy (non-hydrogen) atoms. The molecule has 0 amide bonds. The van der Waals surface area contributed by atoms with Gasteiger partial charge < -0.3 is 19.1 Å². The van der Waals surface area contributed by atoms with Crippen molar-refractivity contribution in [3.8, 4) is 12.1 Å². The lowest BCUT2D eigenvalue weighted by Crippen LogP contribution is -2.31. The van der Waals surface area contributed by atoms with E-state index in [1.54, 1.807) is 13.0 Å². The molecule has 2 aromatic rings. The van der Waals surface area contributed by atoms with Crippen LogP contribution in [-0.2, 0) is 45.9 Å². The van der Waals surface area contributed by atoms with Gasteiger partial charge in [-0.3, -0.25) is 4.55 Å². The van der Waals surface area contributed by atoms with E-state index < -0.39 is 20.8 Å². The van der Waals surface area contributed by atoms with Gasteiger partial charge in [-0.2, -0.15) is 29.9 Å². The van der Waals surface area contributed by atoms with E-state index in [4.69, 9.17) is 18.8 Å². The molecule has 1 aromatic carbocycles. The number of nitriles is 2. The summed E-state index contributed by atoms with van der Waals surface area (Å²) in [6.45, 7) is 4.77. The summed E-state index contributed by atoms with van der Waals surface area (Å²) in [7, 11) is -8.57. The van der Waals surface area contributed by atoms with E-state index >= 15 is 0 Å². The predicted octanol–water partition coefficient (Wildman–Crippen LogP) is 3.83. The maximum atomic E-state index is 11.1. The number of benzene rings is 1. The van der Waals surface area contributed by atoms with Crippen LogP contribution in [0.5, 0.6) is 0 Å². The van der Waals surface area contributed by atoms with Crippen LogP contribution in [0, 0.1) is 36.5 Å². The second-order valence-electron chi connectivity index (χ2n) is 8.50. The van der Waals surface area contributed by atoms with Crippen LogP contribution in [0.3, 0.4) is 0 Å². The number of ether oxygens (including phenoxy) is 3. The van der Waals surface area contributed by atoms with Crippen molar-refractivity contribution in [2.24, 2.45) is 10.2 Å². The Morgan fingerprint density at radius 3 is 2.02 bits per heavy atom. The first-order valence-electron chi connectivity index (χ1n) is 12.7. The van der Waals surface area contributed by atoms with Gasteiger partial charge in [0.25, 0.3) is 0 Å². The van der Waals surface area contributed by atoms with E-state index in [1.165, 1.54) is 23.0 Å². The third-order valence-corrected chi connectivity index (χ3v) is 8.99. The summed E-state index contributed by atoms with van der Waals surface area (Å²) in [4.78, 5) is 2.38. The Balaban J connectivity index is 1.98. The third-order valence-electron chi connectivity index (χ3n) is 5.51. The Bertz CT molecular complexity index is 1550. The summed E-state index contributed by atoms with van der Waals surface area (Å²) in [5.41, 5.74) is 3.05. The van der Waals surface area contributed by atoms with Crippen LogP contribution in [0.4, 0.5) is 16.4 Å². The van der Waals surface area contributed by atoms with Crippen molar-refractivity contribution in [3.05, 3.63) is 39.8 Å². The van der Waals surface area contributed by atoms with Crippen LogP contribution in [0.15, 0.2) is 28.4 Å². The Kier molecular flexibility index (Phi) is 16.5. The number of hydrogen-bond acceptors (Lipinski definition) is 16. The van der Waals surface area contributed by atoms with Crippen molar-refractivity contribution in [3.63, 3.8) is 0 Å². The molecule has 0 spiro atoms. The molecule has 0 saturated carbocycles. The maximum Gasteiger partial charge on any atom is 0.409 e. The minimum absolute atomic E-state index is 0.0275. The zero-order valence-electron chi connectivity index (χ0n) is 23.7. The van der Waals surface area contributed by atoms with Gasteiger partial charge in [0.05, 0.1) is 64.1 Å². The highest BCUT2D eigenvalue weighted by Crippen LogP contribution is 2.36. The standard InChI is InChI=1S/C24H30IN5O11S3/c1-18-15-20(3-4-22(18)28-29-24-21(16-26)19(2)23(17-27)42-24)30(6-8-37-11-13-39-43(31,32)33)5-7-36-9-10-38-12-14-40-44(34,35)41-25/h3-4,15H,5-14H2,1-2H3,(H,31,32,33)/b29-28+. The molecule has 0 aliphatic rings. The second-order valence-corrected chi connectivity index (χ2v) is 12.8. The normalized spacial score (nSPS) is 12.0. The van der Waals surface area contributed by atoms with Crippen molar-refractivity contribution in [2.45, 2.75) is 13.8 Å². The Morgan fingerprint density at radius 2 is 1.48 bits per heavy atom. The summed E-state index contributed by atoms with van der Waals surface area (Å²) in [5.74, 6) is 0. The van der Waals surface area contributed by atoms with Crippen molar-refractivity contribution in [1.82, 2.24) is 0 Å². The first-order chi connectivity index (χ1) is 20.9. The number of thiophene rings is 1.